The van der Waals surface area contributed by atoms with Crippen LogP contribution in [-0.4, -0.2) is 45.7 Å². The standard InChI is InChI=1S/C14H20ClN3O/c1-11-3-4-12(9-13(11)15)16-14(19)10-18-7-5-17(2)6-8-18/h3-4,9H,5-8,10H2,1-2H3,(H,16,19)/p+2. The molecule has 0 radical (unpaired) electrons. The molecule has 1 aromatic rings. The molecule has 0 aliphatic carbocycles. The Morgan fingerprint density at radius 1 is 1.32 bits per heavy atom. The van der Waals surface area contributed by atoms with Gasteiger partial charge >= 0.3 is 0 Å². The van der Waals surface area contributed by atoms with E-state index in [-0.39, 0.29) is 5.91 Å². The van der Waals surface area contributed by atoms with Crippen molar-refractivity contribution in [1.82, 2.24) is 0 Å². The summed E-state index contributed by atoms with van der Waals surface area (Å²) in [5.41, 5.74) is 1.80. The molecule has 0 bridgehead atoms. The maximum Gasteiger partial charge on any atom is 0.279 e. The van der Waals surface area contributed by atoms with Gasteiger partial charge in [0.2, 0.25) is 0 Å². The summed E-state index contributed by atoms with van der Waals surface area (Å²) < 4.78 is 0. The molecule has 0 aromatic heterocycles. The molecule has 0 spiro atoms. The Morgan fingerprint density at radius 2 is 2.00 bits per heavy atom. The van der Waals surface area contributed by atoms with Gasteiger partial charge in [0.25, 0.3) is 5.91 Å². The average molecular weight is 284 g/mol. The lowest BCUT2D eigenvalue weighted by atomic mass is 10.2. The summed E-state index contributed by atoms with van der Waals surface area (Å²) in [6.07, 6.45) is 0. The Balaban J connectivity index is 1.85. The van der Waals surface area contributed by atoms with E-state index in [1.54, 1.807) is 11.0 Å². The fraction of sp³-hybridized carbons (Fsp3) is 0.500. The summed E-state index contributed by atoms with van der Waals surface area (Å²) in [7, 11) is 2.20. The molecule has 5 heteroatoms. The van der Waals surface area contributed by atoms with Crippen LogP contribution in [-0.2, 0) is 4.79 Å². The Morgan fingerprint density at radius 3 is 2.63 bits per heavy atom. The smallest absolute Gasteiger partial charge is 0.279 e. The second-order valence-corrected chi connectivity index (χ2v) is 5.80. The number of quaternary nitrogens is 2. The third-order valence-electron chi connectivity index (χ3n) is 3.68. The highest BCUT2D eigenvalue weighted by atomic mass is 35.5. The van der Waals surface area contributed by atoms with Crippen molar-refractivity contribution >= 4 is 23.2 Å². The summed E-state index contributed by atoms with van der Waals surface area (Å²) in [5.74, 6) is 0.0643. The minimum absolute atomic E-state index is 0.0643. The van der Waals surface area contributed by atoms with Crippen molar-refractivity contribution in [2.75, 3.05) is 45.1 Å². The second kappa shape index (κ2) is 6.37. The number of aryl methyl sites for hydroxylation is 1. The number of carbonyl (C=O) groups excluding carboxylic acids is 1. The SMILES string of the molecule is Cc1ccc(NC(=O)C[NH+]2CC[NH+](C)CC2)cc1Cl. The van der Waals surface area contributed by atoms with Gasteiger partial charge in [0.1, 0.15) is 26.2 Å². The van der Waals surface area contributed by atoms with Crippen molar-refractivity contribution < 1.29 is 14.6 Å². The molecule has 0 atom stereocenters. The molecule has 4 nitrogen and oxygen atoms in total. The van der Waals surface area contributed by atoms with Gasteiger partial charge in [-0.15, -0.1) is 0 Å². The highest BCUT2D eigenvalue weighted by molar-refractivity contribution is 6.31. The Bertz CT molecular complexity index is 456. The fourth-order valence-corrected chi connectivity index (χ4v) is 2.49. The van der Waals surface area contributed by atoms with Gasteiger partial charge in [-0.2, -0.15) is 0 Å². The highest BCUT2D eigenvalue weighted by Gasteiger charge is 2.22. The van der Waals surface area contributed by atoms with Crippen molar-refractivity contribution in [3.05, 3.63) is 28.8 Å². The van der Waals surface area contributed by atoms with Gasteiger partial charge in [0, 0.05) is 10.7 Å². The van der Waals surface area contributed by atoms with E-state index in [2.05, 4.69) is 12.4 Å². The van der Waals surface area contributed by atoms with Crippen LogP contribution in [0, 0.1) is 6.92 Å². The van der Waals surface area contributed by atoms with E-state index < -0.39 is 0 Å². The number of benzene rings is 1. The van der Waals surface area contributed by atoms with Crippen molar-refractivity contribution in [3.63, 3.8) is 0 Å². The minimum Gasteiger partial charge on any atom is -0.328 e. The predicted octanol–water partition coefficient (Wildman–Crippen LogP) is -1.000. The number of amides is 1. The van der Waals surface area contributed by atoms with Gasteiger partial charge in [-0.3, -0.25) is 4.79 Å². The lowest BCUT2D eigenvalue weighted by molar-refractivity contribution is -0.999. The van der Waals surface area contributed by atoms with Crippen LogP contribution in [0.15, 0.2) is 18.2 Å². The molecule has 1 aromatic carbocycles. The first-order chi connectivity index (χ1) is 9.04. The van der Waals surface area contributed by atoms with Gasteiger partial charge in [-0.05, 0) is 24.6 Å². The Hall–Kier alpha value is -1.10. The summed E-state index contributed by atoms with van der Waals surface area (Å²) in [6, 6.07) is 5.62. The number of halogens is 1. The number of piperazine rings is 1. The Labute approximate surface area is 119 Å². The van der Waals surface area contributed by atoms with Crippen molar-refractivity contribution in [2.45, 2.75) is 6.92 Å². The first-order valence-electron chi connectivity index (χ1n) is 6.75. The van der Waals surface area contributed by atoms with Crippen LogP contribution in [0.2, 0.25) is 5.02 Å². The van der Waals surface area contributed by atoms with Crippen LogP contribution in [0.1, 0.15) is 5.56 Å². The molecule has 104 valence electrons. The first-order valence-corrected chi connectivity index (χ1v) is 7.13. The number of rotatable bonds is 3. The summed E-state index contributed by atoms with van der Waals surface area (Å²) in [5, 5.41) is 3.61. The monoisotopic (exact) mass is 283 g/mol. The van der Waals surface area contributed by atoms with E-state index in [1.807, 2.05) is 19.1 Å². The van der Waals surface area contributed by atoms with E-state index in [0.29, 0.717) is 11.6 Å². The van der Waals surface area contributed by atoms with Gasteiger partial charge in [0.15, 0.2) is 6.54 Å². The molecular formula is C14H22ClN3O+2. The third kappa shape index (κ3) is 4.20. The molecule has 19 heavy (non-hydrogen) atoms. The maximum absolute atomic E-state index is 12.0. The fourth-order valence-electron chi connectivity index (χ4n) is 2.31. The molecule has 3 N–H and O–H groups in total. The zero-order chi connectivity index (χ0) is 13.8. The predicted molar refractivity (Wildman–Crippen MR) is 77.0 cm³/mol. The van der Waals surface area contributed by atoms with Gasteiger partial charge in [0.05, 0.1) is 7.05 Å². The van der Waals surface area contributed by atoms with E-state index >= 15 is 0 Å². The minimum atomic E-state index is 0.0643. The molecule has 1 amide bonds. The number of hydrogen-bond donors (Lipinski definition) is 3. The highest BCUT2D eigenvalue weighted by Crippen LogP contribution is 2.19. The van der Waals surface area contributed by atoms with E-state index in [4.69, 9.17) is 11.6 Å². The molecule has 1 aliphatic rings. The molecule has 2 rings (SSSR count). The number of anilines is 1. The van der Waals surface area contributed by atoms with Crippen LogP contribution in [0.4, 0.5) is 5.69 Å². The molecule has 0 unspecified atom stereocenters. The lowest BCUT2D eigenvalue weighted by Gasteiger charge is -2.26. The van der Waals surface area contributed by atoms with Crippen molar-refractivity contribution in [2.24, 2.45) is 0 Å². The normalized spacial score (nSPS) is 23.1. The third-order valence-corrected chi connectivity index (χ3v) is 4.08. The zero-order valence-electron chi connectivity index (χ0n) is 11.6. The van der Waals surface area contributed by atoms with Crippen molar-refractivity contribution in [1.29, 1.82) is 0 Å². The van der Waals surface area contributed by atoms with Crippen LogP contribution in [0.25, 0.3) is 0 Å². The topological polar surface area (TPSA) is 38.0 Å². The van der Waals surface area contributed by atoms with E-state index in [0.717, 1.165) is 37.4 Å². The van der Waals surface area contributed by atoms with Crippen LogP contribution >= 0.6 is 11.6 Å². The molecule has 0 saturated carbocycles. The first kappa shape index (κ1) is 14.3. The summed E-state index contributed by atoms with van der Waals surface area (Å²) in [4.78, 5) is 14.9. The maximum atomic E-state index is 12.0. The van der Waals surface area contributed by atoms with Crippen molar-refractivity contribution in [3.8, 4) is 0 Å². The lowest BCUT2D eigenvalue weighted by Crippen LogP contribution is -3.27. The number of carbonyl (C=O) groups is 1. The Kier molecular flexibility index (Phi) is 4.80. The van der Waals surface area contributed by atoms with Gasteiger partial charge in [-0.1, -0.05) is 17.7 Å². The number of nitrogens with one attached hydrogen (secondary N) is 3. The van der Waals surface area contributed by atoms with Gasteiger partial charge < -0.3 is 15.1 Å². The van der Waals surface area contributed by atoms with Crippen LogP contribution in [0.3, 0.4) is 0 Å². The largest absolute Gasteiger partial charge is 0.328 e. The molecule has 1 aliphatic heterocycles. The van der Waals surface area contributed by atoms with E-state index in [9.17, 15) is 4.79 Å². The molecule has 1 heterocycles. The van der Waals surface area contributed by atoms with E-state index in [1.165, 1.54) is 4.90 Å². The number of likely N-dealkylation sites (N-methyl/N-ethyl adjacent to an activating group) is 1. The summed E-state index contributed by atoms with van der Waals surface area (Å²) in [6.45, 7) is 6.89. The second-order valence-electron chi connectivity index (χ2n) is 5.40. The van der Waals surface area contributed by atoms with Crippen LogP contribution in [0.5, 0.6) is 0 Å². The molecular weight excluding hydrogens is 262 g/mol. The number of hydrogen-bond acceptors (Lipinski definition) is 1. The average Bonchev–Trinajstić information content (AvgIpc) is 2.37. The summed E-state index contributed by atoms with van der Waals surface area (Å²) >= 11 is 6.05. The van der Waals surface area contributed by atoms with Gasteiger partial charge in [-0.25, -0.2) is 0 Å². The van der Waals surface area contributed by atoms with Crippen LogP contribution < -0.4 is 15.1 Å². The quantitative estimate of drug-likeness (QED) is 0.654. The zero-order valence-corrected chi connectivity index (χ0v) is 12.3. The molecule has 1 fully saturated rings. The molecule has 1 saturated heterocycles.